The highest BCUT2D eigenvalue weighted by atomic mass is 35.5. The van der Waals surface area contributed by atoms with Gasteiger partial charge in [-0.15, -0.1) is 0 Å². The number of anilines is 1. The zero-order valence-corrected chi connectivity index (χ0v) is 11.3. The van der Waals surface area contributed by atoms with Gasteiger partial charge in [0.05, 0.1) is 17.2 Å². The van der Waals surface area contributed by atoms with E-state index in [2.05, 4.69) is 10.6 Å². The van der Waals surface area contributed by atoms with Crippen LogP contribution in [0.15, 0.2) is 18.2 Å². The van der Waals surface area contributed by atoms with Gasteiger partial charge in [-0.25, -0.2) is 9.18 Å². The van der Waals surface area contributed by atoms with Crippen LogP contribution in [0.1, 0.15) is 19.8 Å². The molecule has 0 saturated heterocycles. The molecule has 1 fully saturated rings. The highest BCUT2D eigenvalue weighted by Crippen LogP contribution is 2.39. The van der Waals surface area contributed by atoms with Crippen LogP contribution in [-0.4, -0.2) is 23.3 Å². The highest BCUT2D eigenvalue weighted by Gasteiger charge is 2.42. The van der Waals surface area contributed by atoms with Crippen LogP contribution in [0.2, 0.25) is 5.02 Å². The van der Waals surface area contributed by atoms with E-state index in [1.54, 1.807) is 0 Å². The summed E-state index contributed by atoms with van der Waals surface area (Å²) in [7, 11) is 0. The number of amides is 2. The topological polar surface area (TPSA) is 61.4 Å². The Bertz CT molecular complexity index is 494. The molecule has 0 spiro atoms. The first-order valence-corrected chi connectivity index (χ1v) is 6.47. The highest BCUT2D eigenvalue weighted by molar-refractivity contribution is 6.31. The fourth-order valence-electron chi connectivity index (χ4n) is 1.99. The molecule has 1 unspecified atom stereocenters. The number of carbonyl (C=O) groups excluding carboxylic acids is 1. The van der Waals surface area contributed by atoms with Crippen molar-refractivity contribution in [3.05, 3.63) is 29.0 Å². The summed E-state index contributed by atoms with van der Waals surface area (Å²) in [4.78, 5) is 11.8. The number of benzene rings is 1. The SMILES string of the molecule is CC(CO)(NC(=O)Nc1ccc(F)c(Cl)c1)C1CC1. The van der Waals surface area contributed by atoms with E-state index in [0.717, 1.165) is 12.8 Å². The van der Waals surface area contributed by atoms with Crippen LogP contribution < -0.4 is 10.6 Å². The number of aliphatic hydroxyl groups is 1. The van der Waals surface area contributed by atoms with Crippen molar-refractivity contribution in [3.8, 4) is 0 Å². The van der Waals surface area contributed by atoms with Crippen molar-refractivity contribution >= 4 is 23.3 Å². The number of aliphatic hydroxyl groups excluding tert-OH is 1. The maximum atomic E-state index is 13.0. The summed E-state index contributed by atoms with van der Waals surface area (Å²) in [6.07, 6.45) is 2.00. The molecule has 1 aromatic rings. The van der Waals surface area contributed by atoms with Crippen LogP contribution in [0, 0.1) is 11.7 Å². The maximum absolute atomic E-state index is 13.0. The zero-order chi connectivity index (χ0) is 14.0. The van der Waals surface area contributed by atoms with Gasteiger partial charge < -0.3 is 15.7 Å². The third kappa shape index (κ3) is 3.36. The predicted octanol–water partition coefficient (Wildman–Crippen LogP) is 2.76. The van der Waals surface area contributed by atoms with Gasteiger partial charge in [-0.3, -0.25) is 0 Å². The molecule has 1 aromatic carbocycles. The van der Waals surface area contributed by atoms with E-state index in [9.17, 15) is 14.3 Å². The fraction of sp³-hybridized carbons (Fsp3) is 0.462. The monoisotopic (exact) mass is 286 g/mol. The first kappa shape index (κ1) is 14.1. The van der Waals surface area contributed by atoms with Crippen LogP contribution in [0.5, 0.6) is 0 Å². The third-order valence-corrected chi connectivity index (χ3v) is 3.67. The Morgan fingerprint density at radius 3 is 2.79 bits per heavy atom. The van der Waals surface area contributed by atoms with Crippen molar-refractivity contribution in [2.45, 2.75) is 25.3 Å². The van der Waals surface area contributed by atoms with E-state index in [-0.39, 0.29) is 11.6 Å². The summed E-state index contributed by atoms with van der Waals surface area (Å²) in [5.41, 5.74) is -0.214. The van der Waals surface area contributed by atoms with Gasteiger partial charge in [0.15, 0.2) is 0 Å². The van der Waals surface area contributed by atoms with Gasteiger partial charge in [0, 0.05) is 5.69 Å². The Morgan fingerprint density at radius 2 is 2.26 bits per heavy atom. The van der Waals surface area contributed by atoms with Gasteiger partial charge in [-0.2, -0.15) is 0 Å². The van der Waals surface area contributed by atoms with Crippen molar-refractivity contribution in [3.63, 3.8) is 0 Å². The van der Waals surface area contributed by atoms with Crippen LogP contribution in [0.4, 0.5) is 14.9 Å². The minimum atomic E-state index is -0.617. The molecule has 6 heteroatoms. The van der Waals surface area contributed by atoms with Crippen molar-refractivity contribution in [1.82, 2.24) is 5.32 Å². The van der Waals surface area contributed by atoms with Crippen LogP contribution >= 0.6 is 11.6 Å². The van der Waals surface area contributed by atoms with E-state index in [1.165, 1.54) is 18.2 Å². The van der Waals surface area contributed by atoms with Crippen molar-refractivity contribution in [2.75, 3.05) is 11.9 Å². The van der Waals surface area contributed by atoms with Gasteiger partial charge in [0.1, 0.15) is 5.82 Å². The molecule has 0 bridgehead atoms. The molecule has 104 valence electrons. The molecule has 3 N–H and O–H groups in total. The van der Waals surface area contributed by atoms with Crippen LogP contribution in [-0.2, 0) is 0 Å². The molecule has 0 radical (unpaired) electrons. The second kappa shape index (κ2) is 5.35. The van der Waals surface area contributed by atoms with Crippen LogP contribution in [0.3, 0.4) is 0 Å². The molecule has 1 saturated carbocycles. The molecule has 0 aromatic heterocycles. The van der Waals surface area contributed by atoms with Gasteiger partial charge in [0.25, 0.3) is 0 Å². The molecule has 0 aliphatic heterocycles. The number of rotatable bonds is 4. The van der Waals surface area contributed by atoms with Gasteiger partial charge in [-0.1, -0.05) is 11.6 Å². The Balaban J connectivity index is 1.98. The molecule has 1 aliphatic rings. The Kier molecular flexibility index (Phi) is 3.96. The average molecular weight is 287 g/mol. The lowest BCUT2D eigenvalue weighted by Crippen LogP contribution is -2.52. The summed E-state index contributed by atoms with van der Waals surface area (Å²) in [5, 5.41) is 14.6. The van der Waals surface area contributed by atoms with Gasteiger partial charge in [0.2, 0.25) is 0 Å². The second-order valence-electron chi connectivity index (χ2n) is 5.06. The van der Waals surface area contributed by atoms with Crippen molar-refractivity contribution in [2.24, 2.45) is 5.92 Å². The normalized spacial score (nSPS) is 17.7. The van der Waals surface area contributed by atoms with Crippen molar-refractivity contribution in [1.29, 1.82) is 0 Å². The molecule has 1 aliphatic carbocycles. The number of carbonyl (C=O) groups is 1. The number of halogens is 2. The summed E-state index contributed by atoms with van der Waals surface area (Å²) in [5.74, 6) is -0.231. The number of hydrogen-bond donors (Lipinski definition) is 3. The Morgan fingerprint density at radius 1 is 1.58 bits per heavy atom. The zero-order valence-electron chi connectivity index (χ0n) is 10.5. The summed E-state index contributed by atoms with van der Waals surface area (Å²) < 4.78 is 13.0. The molecule has 1 atom stereocenters. The molecule has 2 amide bonds. The van der Waals surface area contributed by atoms with Gasteiger partial charge >= 0.3 is 6.03 Å². The minimum absolute atomic E-state index is 0.0510. The molecular formula is C13H16ClFN2O2. The summed E-state index contributed by atoms with van der Waals surface area (Å²) >= 11 is 5.63. The lowest BCUT2D eigenvalue weighted by atomic mass is 9.97. The smallest absolute Gasteiger partial charge is 0.319 e. The van der Waals surface area contributed by atoms with E-state index >= 15 is 0 Å². The summed E-state index contributed by atoms with van der Waals surface area (Å²) in [6.45, 7) is 1.69. The average Bonchev–Trinajstić information content (AvgIpc) is 3.18. The van der Waals surface area contributed by atoms with E-state index in [0.29, 0.717) is 11.6 Å². The lowest BCUT2D eigenvalue weighted by Gasteiger charge is -2.28. The maximum Gasteiger partial charge on any atom is 0.319 e. The third-order valence-electron chi connectivity index (χ3n) is 3.38. The minimum Gasteiger partial charge on any atom is -0.394 e. The second-order valence-corrected chi connectivity index (χ2v) is 5.47. The van der Waals surface area contributed by atoms with Crippen molar-refractivity contribution < 1.29 is 14.3 Å². The standard InChI is InChI=1S/C13H16ClFN2O2/c1-13(7-18,8-2-3-8)17-12(19)16-9-4-5-11(15)10(14)6-9/h4-6,8,18H,2-3,7H2,1H3,(H2,16,17,19). The van der Waals surface area contributed by atoms with Gasteiger partial charge in [-0.05, 0) is 43.9 Å². The first-order valence-electron chi connectivity index (χ1n) is 6.10. The molecule has 19 heavy (non-hydrogen) atoms. The Hall–Kier alpha value is -1.33. The molecule has 0 heterocycles. The molecule has 4 nitrogen and oxygen atoms in total. The quantitative estimate of drug-likeness (QED) is 0.797. The fourth-order valence-corrected chi connectivity index (χ4v) is 2.17. The van der Waals surface area contributed by atoms with E-state index in [1.807, 2.05) is 6.92 Å². The number of urea groups is 1. The molecule has 2 rings (SSSR count). The van der Waals surface area contributed by atoms with Crippen LogP contribution in [0.25, 0.3) is 0 Å². The number of nitrogens with one attached hydrogen (secondary N) is 2. The Labute approximate surface area is 116 Å². The summed E-state index contributed by atoms with van der Waals surface area (Å²) in [6, 6.07) is 3.51. The van der Waals surface area contributed by atoms with E-state index in [4.69, 9.17) is 11.6 Å². The first-order chi connectivity index (χ1) is 8.94. The number of hydrogen-bond acceptors (Lipinski definition) is 2. The van der Waals surface area contributed by atoms with E-state index < -0.39 is 17.4 Å². The predicted molar refractivity (Wildman–Crippen MR) is 71.8 cm³/mol. The largest absolute Gasteiger partial charge is 0.394 e. The lowest BCUT2D eigenvalue weighted by molar-refractivity contribution is 0.159. The molecular weight excluding hydrogens is 271 g/mol.